The van der Waals surface area contributed by atoms with Crippen LogP contribution in [0.15, 0.2) is 48.5 Å². The highest BCUT2D eigenvalue weighted by Gasteiger charge is 2.13. The Morgan fingerprint density at radius 1 is 1.23 bits per heavy atom. The van der Waals surface area contributed by atoms with Gasteiger partial charge in [-0.15, -0.1) is 5.10 Å². The summed E-state index contributed by atoms with van der Waals surface area (Å²) in [6, 6.07) is 15.4. The van der Waals surface area contributed by atoms with Gasteiger partial charge in [-0.25, -0.2) is 4.52 Å². The molecule has 1 unspecified atom stereocenters. The Balaban J connectivity index is 1.91. The number of anilines is 2. The Kier molecular flexibility index (Phi) is 3.74. The van der Waals surface area contributed by atoms with Gasteiger partial charge in [-0.2, -0.15) is 4.98 Å². The molecule has 0 saturated carbocycles. The second-order valence-electron chi connectivity index (χ2n) is 5.22. The van der Waals surface area contributed by atoms with E-state index in [1.54, 1.807) is 11.4 Å². The van der Waals surface area contributed by atoms with Crippen LogP contribution in [-0.4, -0.2) is 20.5 Å². The summed E-state index contributed by atoms with van der Waals surface area (Å²) in [6.07, 6.45) is 0.529. The van der Waals surface area contributed by atoms with Crippen molar-refractivity contribution in [2.75, 3.05) is 5.32 Å². The quantitative estimate of drug-likeness (QED) is 0.755. The molecule has 3 N–H and O–H groups in total. The lowest BCUT2D eigenvalue weighted by atomic mass is 10.0. The van der Waals surface area contributed by atoms with Crippen molar-refractivity contribution in [3.8, 4) is 0 Å². The van der Waals surface area contributed by atoms with E-state index < -0.39 is 0 Å². The number of nitrogens with one attached hydrogen (secondary N) is 1. The van der Waals surface area contributed by atoms with E-state index in [-0.39, 0.29) is 11.8 Å². The van der Waals surface area contributed by atoms with Crippen molar-refractivity contribution in [2.45, 2.75) is 13.3 Å². The molecule has 3 aromatic rings. The second-order valence-corrected chi connectivity index (χ2v) is 5.22. The summed E-state index contributed by atoms with van der Waals surface area (Å²) in [5, 5.41) is 7.62. The van der Waals surface area contributed by atoms with E-state index in [2.05, 4.69) is 15.4 Å². The normalized spacial score (nSPS) is 12.2. The number of nitrogens with zero attached hydrogens (tertiary/aromatic N) is 3. The number of carbonyl (C=O) groups is 1. The molecule has 1 atom stereocenters. The fourth-order valence-electron chi connectivity index (χ4n) is 2.23. The fourth-order valence-corrected chi connectivity index (χ4v) is 2.23. The molecule has 0 spiro atoms. The molecular weight excluding hydrogens is 278 g/mol. The van der Waals surface area contributed by atoms with Crippen LogP contribution in [0.25, 0.3) is 5.65 Å². The third kappa shape index (κ3) is 2.90. The topological polar surface area (TPSA) is 85.3 Å². The molecule has 1 amide bonds. The molecule has 112 valence electrons. The van der Waals surface area contributed by atoms with Gasteiger partial charge in [0.2, 0.25) is 11.9 Å². The fraction of sp³-hybridized carbons (Fsp3) is 0.188. The van der Waals surface area contributed by atoms with Crippen LogP contribution in [-0.2, 0) is 11.2 Å². The van der Waals surface area contributed by atoms with Crippen LogP contribution >= 0.6 is 0 Å². The van der Waals surface area contributed by atoms with Gasteiger partial charge in [0.25, 0.3) is 0 Å². The molecular formula is C16H17N5O. The standard InChI is InChI=1S/C16H17N5O/c1-11(15(17)22)10-13-8-5-9-14-19-16(20-21(13)14)18-12-6-3-2-4-7-12/h2-9,11H,10H2,1H3,(H2,17,22)(H,18,20). The van der Waals surface area contributed by atoms with Crippen molar-refractivity contribution in [1.82, 2.24) is 14.6 Å². The van der Waals surface area contributed by atoms with Gasteiger partial charge >= 0.3 is 0 Å². The van der Waals surface area contributed by atoms with Crippen LogP contribution in [0.4, 0.5) is 11.6 Å². The van der Waals surface area contributed by atoms with Crippen molar-refractivity contribution in [3.63, 3.8) is 0 Å². The number of amides is 1. The van der Waals surface area contributed by atoms with Crippen LogP contribution in [0, 0.1) is 5.92 Å². The third-order valence-corrected chi connectivity index (χ3v) is 3.47. The number of pyridine rings is 1. The minimum Gasteiger partial charge on any atom is -0.369 e. The number of nitrogens with two attached hydrogens (primary N) is 1. The van der Waals surface area contributed by atoms with Gasteiger partial charge in [0.15, 0.2) is 5.65 Å². The first kappa shape index (κ1) is 14.1. The maximum Gasteiger partial charge on any atom is 0.247 e. The van der Waals surface area contributed by atoms with Crippen LogP contribution in [0.2, 0.25) is 0 Å². The van der Waals surface area contributed by atoms with Crippen LogP contribution in [0.5, 0.6) is 0 Å². The number of aromatic nitrogens is 3. The highest BCUT2D eigenvalue weighted by Crippen LogP contribution is 2.16. The number of para-hydroxylation sites is 1. The van der Waals surface area contributed by atoms with E-state index in [1.165, 1.54) is 0 Å². The molecule has 0 aliphatic rings. The molecule has 1 aromatic carbocycles. The van der Waals surface area contributed by atoms with Crippen LogP contribution in [0.3, 0.4) is 0 Å². The minimum absolute atomic E-state index is 0.250. The zero-order valence-corrected chi connectivity index (χ0v) is 12.2. The van der Waals surface area contributed by atoms with E-state index in [1.807, 2.05) is 48.5 Å². The lowest BCUT2D eigenvalue weighted by Crippen LogP contribution is -2.23. The van der Waals surface area contributed by atoms with Gasteiger partial charge in [0.1, 0.15) is 0 Å². The van der Waals surface area contributed by atoms with Gasteiger partial charge in [0.05, 0.1) is 0 Å². The van der Waals surface area contributed by atoms with Crippen molar-refractivity contribution >= 4 is 23.2 Å². The maximum absolute atomic E-state index is 11.3. The van der Waals surface area contributed by atoms with Gasteiger partial charge < -0.3 is 11.1 Å². The zero-order chi connectivity index (χ0) is 15.5. The van der Waals surface area contributed by atoms with Gasteiger partial charge in [0, 0.05) is 23.7 Å². The predicted octanol–water partition coefficient (Wildman–Crippen LogP) is 2.14. The van der Waals surface area contributed by atoms with Crippen LogP contribution < -0.4 is 11.1 Å². The van der Waals surface area contributed by atoms with Crippen molar-refractivity contribution in [2.24, 2.45) is 11.7 Å². The molecule has 0 saturated heterocycles. The van der Waals surface area contributed by atoms with Crippen molar-refractivity contribution in [3.05, 3.63) is 54.2 Å². The van der Waals surface area contributed by atoms with Gasteiger partial charge in [-0.1, -0.05) is 31.2 Å². The molecule has 0 aliphatic carbocycles. The average molecular weight is 295 g/mol. The number of benzene rings is 1. The van der Waals surface area contributed by atoms with E-state index in [0.29, 0.717) is 12.4 Å². The minimum atomic E-state index is -0.320. The number of hydrogen-bond donors (Lipinski definition) is 2. The van der Waals surface area contributed by atoms with E-state index in [9.17, 15) is 4.79 Å². The summed E-state index contributed by atoms with van der Waals surface area (Å²) in [7, 11) is 0. The molecule has 0 bridgehead atoms. The predicted molar refractivity (Wildman–Crippen MR) is 84.8 cm³/mol. The zero-order valence-electron chi connectivity index (χ0n) is 12.2. The summed E-state index contributed by atoms with van der Waals surface area (Å²) in [5.41, 5.74) is 7.89. The highest BCUT2D eigenvalue weighted by molar-refractivity contribution is 5.76. The largest absolute Gasteiger partial charge is 0.369 e. The Bertz CT molecular complexity index is 797. The SMILES string of the molecule is CC(Cc1cccc2nc(Nc3ccccc3)nn12)C(N)=O. The first-order valence-corrected chi connectivity index (χ1v) is 7.09. The lowest BCUT2D eigenvalue weighted by molar-refractivity contribution is -0.121. The van der Waals surface area contributed by atoms with Gasteiger partial charge in [-0.05, 0) is 24.3 Å². The summed E-state index contributed by atoms with van der Waals surface area (Å²) in [4.78, 5) is 15.7. The number of hydrogen-bond acceptors (Lipinski definition) is 4. The highest BCUT2D eigenvalue weighted by atomic mass is 16.1. The number of fused-ring (bicyclic) bond motifs is 1. The van der Waals surface area contributed by atoms with E-state index >= 15 is 0 Å². The summed E-state index contributed by atoms with van der Waals surface area (Å²) < 4.78 is 1.74. The first-order valence-electron chi connectivity index (χ1n) is 7.09. The lowest BCUT2D eigenvalue weighted by Gasteiger charge is -2.08. The molecule has 2 aromatic heterocycles. The third-order valence-electron chi connectivity index (χ3n) is 3.47. The first-order chi connectivity index (χ1) is 10.6. The number of primary amides is 1. The Hall–Kier alpha value is -2.89. The molecule has 2 heterocycles. The number of carbonyl (C=O) groups excluding carboxylic acids is 1. The monoisotopic (exact) mass is 295 g/mol. The van der Waals surface area contributed by atoms with E-state index in [0.717, 1.165) is 17.0 Å². The summed E-state index contributed by atoms with van der Waals surface area (Å²) in [5.74, 6) is -0.0505. The van der Waals surface area contributed by atoms with Crippen molar-refractivity contribution < 1.29 is 4.79 Å². The second kappa shape index (κ2) is 5.85. The smallest absolute Gasteiger partial charge is 0.247 e. The molecule has 0 aliphatic heterocycles. The summed E-state index contributed by atoms with van der Waals surface area (Å²) >= 11 is 0. The number of rotatable bonds is 5. The average Bonchev–Trinajstić information content (AvgIpc) is 2.91. The maximum atomic E-state index is 11.3. The molecule has 6 heteroatoms. The summed E-state index contributed by atoms with van der Waals surface area (Å²) in [6.45, 7) is 1.81. The molecule has 0 radical (unpaired) electrons. The Morgan fingerprint density at radius 3 is 2.73 bits per heavy atom. The van der Waals surface area contributed by atoms with E-state index in [4.69, 9.17) is 5.73 Å². The Labute approximate surface area is 128 Å². The Morgan fingerprint density at radius 2 is 2.00 bits per heavy atom. The van der Waals surface area contributed by atoms with Crippen molar-refractivity contribution in [1.29, 1.82) is 0 Å². The van der Waals surface area contributed by atoms with Crippen LogP contribution in [0.1, 0.15) is 12.6 Å². The molecule has 0 fully saturated rings. The molecule has 6 nitrogen and oxygen atoms in total. The molecule has 3 rings (SSSR count). The molecule has 22 heavy (non-hydrogen) atoms. The van der Waals surface area contributed by atoms with Gasteiger partial charge in [-0.3, -0.25) is 4.79 Å².